The van der Waals surface area contributed by atoms with Gasteiger partial charge in [-0.15, -0.1) is 0 Å². The minimum absolute atomic E-state index is 0.542. The molecule has 2 aromatic rings. The summed E-state index contributed by atoms with van der Waals surface area (Å²) in [6.45, 7) is 1.34. The van der Waals surface area contributed by atoms with Crippen LogP contribution in [0.4, 0.5) is 5.69 Å². The molecule has 1 aromatic heterocycles. The fourth-order valence-corrected chi connectivity index (χ4v) is 1.38. The van der Waals surface area contributed by atoms with Crippen LogP contribution in [0.1, 0.15) is 6.92 Å². The lowest BCUT2D eigenvalue weighted by molar-refractivity contribution is -0.144. The highest BCUT2D eigenvalue weighted by Gasteiger charge is 2.20. The van der Waals surface area contributed by atoms with Gasteiger partial charge >= 0.3 is 5.97 Å². The average molecular weight is 233 g/mol. The summed E-state index contributed by atoms with van der Waals surface area (Å²) < 4.78 is 0. The molecule has 3 N–H and O–H groups in total. The first kappa shape index (κ1) is 11.1. The normalized spacial score (nSPS) is 12.3. The number of fused-ring (bicyclic) bond motifs is 1. The summed E-state index contributed by atoms with van der Waals surface area (Å²) >= 11 is 0. The van der Waals surface area contributed by atoms with E-state index in [2.05, 4.69) is 15.5 Å². The number of H-pyrrole nitrogens is 1. The van der Waals surface area contributed by atoms with Gasteiger partial charge in [-0.3, -0.25) is 14.7 Å². The molecule has 2 rings (SSSR count). The van der Waals surface area contributed by atoms with Gasteiger partial charge < -0.3 is 10.4 Å². The smallest absolute Gasteiger partial charge is 0.315 e. The van der Waals surface area contributed by atoms with Crippen molar-refractivity contribution < 1.29 is 14.7 Å². The van der Waals surface area contributed by atoms with Crippen LogP contribution in [0.5, 0.6) is 0 Å². The first-order valence-electron chi connectivity index (χ1n) is 5.05. The van der Waals surface area contributed by atoms with Crippen LogP contribution in [0.2, 0.25) is 0 Å². The number of hydrogen-bond donors (Lipinski definition) is 3. The molecular weight excluding hydrogens is 222 g/mol. The van der Waals surface area contributed by atoms with Gasteiger partial charge in [0.2, 0.25) is 5.91 Å². The minimum atomic E-state index is -1.15. The number of aliphatic carboxylic acids is 1. The number of hydrogen-bond acceptors (Lipinski definition) is 3. The number of amides is 1. The van der Waals surface area contributed by atoms with Gasteiger partial charge in [0.25, 0.3) is 0 Å². The van der Waals surface area contributed by atoms with E-state index in [4.69, 9.17) is 5.11 Å². The fourth-order valence-electron chi connectivity index (χ4n) is 1.38. The number of nitrogens with one attached hydrogen (secondary N) is 2. The Hall–Kier alpha value is -2.37. The van der Waals surface area contributed by atoms with Crippen molar-refractivity contribution in [3.8, 4) is 0 Å². The molecule has 0 aliphatic carbocycles. The number of aromatic amines is 1. The van der Waals surface area contributed by atoms with Crippen molar-refractivity contribution in [2.24, 2.45) is 5.92 Å². The number of carbonyl (C=O) groups excluding carboxylic acids is 1. The molecule has 1 unspecified atom stereocenters. The third kappa shape index (κ3) is 2.25. The molecule has 1 heterocycles. The van der Waals surface area contributed by atoms with Crippen molar-refractivity contribution in [2.45, 2.75) is 6.92 Å². The molecule has 0 aliphatic heterocycles. The molecule has 0 saturated heterocycles. The van der Waals surface area contributed by atoms with E-state index in [0.717, 1.165) is 10.9 Å². The lowest BCUT2D eigenvalue weighted by Gasteiger charge is -2.08. The van der Waals surface area contributed by atoms with Gasteiger partial charge in [-0.2, -0.15) is 5.10 Å². The highest BCUT2D eigenvalue weighted by Crippen LogP contribution is 2.17. The second-order valence-corrected chi connectivity index (χ2v) is 3.72. The molecule has 1 amide bonds. The molecule has 6 heteroatoms. The number of benzene rings is 1. The van der Waals surface area contributed by atoms with E-state index in [1.54, 1.807) is 24.4 Å². The summed E-state index contributed by atoms with van der Waals surface area (Å²) in [4.78, 5) is 22.1. The summed E-state index contributed by atoms with van der Waals surface area (Å²) in [6, 6.07) is 5.19. The van der Waals surface area contributed by atoms with E-state index >= 15 is 0 Å². The topological polar surface area (TPSA) is 95.1 Å². The van der Waals surface area contributed by atoms with Crippen LogP contribution >= 0.6 is 0 Å². The van der Waals surface area contributed by atoms with Gasteiger partial charge in [-0.05, 0) is 25.1 Å². The van der Waals surface area contributed by atoms with Gasteiger partial charge in [0, 0.05) is 11.1 Å². The molecule has 0 spiro atoms. The van der Waals surface area contributed by atoms with E-state index in [1.165, 1.54) is 6.92 Å². The Morgan fingerprint density at radius 1 is 1.47 bits per heavy atom. The standard InChI is InChI=1S/C11H11N3O3/c1-6(11(16)17)10(15)13-8-3-2-7-5-12-14-9(7)4-8/h2-6H,1H3,(H,12,14)(H,13,15)(H,16,17). The second-order valence-electron chi connectivity index (χ2n) is 3.72. The van der Waals surface area contributed by atoms with Gasteiger partial charge in [-0.1, -0.05) is 0 Å². The lowest BCUT2D eigenvalue weighted by Crippen LogP contribution is -2.26. The molecule has 88 valence electrons. The van der Waals surface area contributed by atoms with Crippen molar-refractivity contribution >= 4 is 28.5 Å². The average Bonchev–Trinajstić information content (AvgIpc) is 2.74. The summed E-state index contributed by atoms with van der Waals surface area (Å²) in [5.74, 6) is -2.77. The Balaban J connectivity index is 2.18. The minimum Gasteiger partial charge on any atom is -0.481 e. The summed E-state index contributed by atoms with van der Waals surface area (Å²) in [5, 5.41) is 18.8. The van der Waals surface area contributed by atoms with E-state index in [9.17, 15) is 9.59 Å². The molecule has 0 fully saturated rings. The van der Waals surface area contributed by atoms with E-state index in [0.29, 0.717) is 5.69 Å². The van der Waals surface area contributed by atoms with Crippen LogP contribution in [0.25, 0.3) is 10.9 Å². The van der Waals surface area contributed by atoms with Crippen molar-refractivity contribution in [3.63, 3.8) is 0 Å². The second kappa shape index (κ2) is 4.25. The quantitative estimate of drug-likeness (QED) is 0.694. The fraction of sp³-hybridized carbons (Fsp3) is 0.182. The van der Waals surface area contributed by atoms with Gasteiger partial charge in [0.1, 0.15) is 5.92 Å². The van der Waals surface area contributed by atoms with Crippen LogP contribution in [0, 0.1) is 5.92 Å². The summed E-state index contributed by atoms with van der Waals surface area (Å²) in [6.07, 6.45) is 1.67. The number of aromatic nitrogens is 2. The van der Waals surface area contributed by atoms with Crippen LogP contribution in [0.15, 0.2) is 24.4 Å². The predicted octanol–water partition coefficient (Wildman–Crippen LogP) is 1.22. The van der Waals surface area contributed by atoms with Crippen molar-refractivity contribution in [2.75, 3.05) is 5.32 Å². The molecule has 6 nitrogen and oxygen atoms in total. The van der Waals surface area contributed by atoms with E-state index in [1.807, 2.05) is 0 Å². The predicted molar refractivity (Wildman–Crippen MR) is 61.5 cm³/mol. The van der Waals surface area contributed by atoms with Crippen molar-refractivity contribution in [1.82, 2.24) is 10.2 Å². The maximum absolute atomic E-state index is 11.5. The first-order valence-corrected chi connectivity index (χ1v) is 5.05. The van der Waals surface area contributed by atoms with E-state index < -0.39 is 17.8 Å². The van der Waals surface area contributed by atoms with Gasteiger partial charge in [-0.25, -0.2) is 0 Å². The third-order valence-electron chi connectivity index (χ3n) is 2.47. The third-order valence-corrected chi connectivity index (χ3v) is 2.47. The van der Waals surface area contributed by atoms with Crippen LogP contribution in [-0.4, -0.2) is 27.2 Å². The summed E-state index contributed by atoms with van der Waals surface area (Å²) in [5.41, 5.74) is 1.32. The Kier molecular flexibility index (Phi) is 2.78. The highest BCUT2D eigenvalue weighted by molar-refractivity contribution is 6.04. The molecule has 0 saturated carbocycles. The number of carbonyl (C=O) groups is 2. The Morgan fingerprint density at radius 2 is 2.24 bits per heavy atom. The molecule has 1 atom stereocenters. The maximum atomic E-state index is 11.5. The zero-order chi connectivity index (χ0) is 12.4. The van der Waals surface area contributed by atoms with Crippen molar-refractivity contribution in [3.05, 3.63) is 24.4 Å². The lowest BCUT2D eigenvalue weighted by atomic mass is 10.1. The van der Waals surface area contributed by atoms with Crippen LogP contribution in [-0.2, 0) is 9.59 Å². The summed E-state index contributed by atoms with van der Waals surface area (Å²) in [7, 11) is 0. The SMILES string of the molecule is CC(C(=O)O)C(=O)Nc1ccc2cn[nH]c2c1. The monoisotopic (exact) mass is 233 g/mol. The maximum Gasteiger partial charge on any atom is 0.315 e. The highest BCUT2D eigenvalue weighted by atomic mass is 16.4. The Bertz CT molecular complexity index is 576. The number of anilines is 1. The number of carboxylic acids is 1. The van der Waals surface area contributed by atoms with Gasteiger partial charge in [0.05, 0.1) is 11.7 Å². The molecular formula is C11H11N3O3. The molecule has 0 bridgehead atoms. The molecule has 1 aromatic carbocycles. The van der Waals surface area contributed by atoms with Crippen LogP contribution in [0.3, 0.4) is 0 Å². The van der Waals surface area contributed by atoms with Gasteiger partial charge in [0.15, 0.2) is 0 Å². The first-order chi connectivity index (χ1) is 8.08. The molecule has 0 aliphatic rings. The van der Waals surface area contributed by atoms with Crippen LogP contribution < -0.4 is 5.32 Å². The number of rotatable bonds is 3. The zero-order valence-corrected chi connectivity index (χ0v) is 9.10. The number of nitrogens with zero attached hydrogens (tertiary/aromatic N) is 1. The number of carboxylic acid groups (broad SMARTS) is 1. The largest absolute Gasteiger partial charge is 0.481 e. The molecule has 0 radical (unpaired) electrons. The van der Waals surface area contributed by atoms with E-state index in [-0.39, 0.29) is 0 Å². The van der Waals surface area contributed by atoms with Crippen molar-refractivity contribution in [1.29, 1.82) is 0 Å². The zero-order valence-electron chi connectivity index (χ0n) is 9.10. The Morgan fingerprint density at radius 3 is 2.94 bits per heavy atom. The molecule has 17 heavy (non-hydrogen) atoms. The Labute approximate surface area is 96.6 Å².